The maximum Gasteiger partial charge on any atom is 0.417 e. The lowest BCUT2D eigenvalue weighted by atomic mass is 10.2. The van der Waals surface area contributed by atoms with Crippen LogP contribution in [0.2, 0.25) is 0 Å². The van der Waals surface area contributed by atoms with Gasteiger partial charge in [-0.05, 0) is 18.2 Å². The van der Waals surface area contributed by atoms with Gasteiger partial charge in [-0.15, -0.1) is 11.8 Å². The molecule has 2 N–H and O–H groups in total. The Morgan fingerprint density at radius 3 is 2.53 bits per heavy atom. The van der Waals surface area contributed by atoms with Crippen molar-refractivity contribution < 1.29 is 23.4 Å². The summed E-state index contributed by atoms with van der Waals surface area (Å²) in [5.41, 5.74) is -0.740. The summed E-state index contributed by atoms with van der Waals surface area (Å²) in [7, 11) is 0. The third kappa shape index (κ3) is 4.50. The van der Waals surface area contributed by atoms with E-state index < -0.39 is 24.5 Å². The molecule has 0 aromatic heterocycles. The fraction of sp³-hybridized carbons (Fsp3) is 0.400. The van der Waals surface area contributed by atoms with Crippen molar-refractivity contribution in [2.45, 2.75) is 17.2 Å². The monoisotopic (exact) mass is 330 g/mol. The fourth-order valence-electron chi connectivity index (χ4n) is 1.09. The molecule has 0 aliphatic rings. The van der Waals surface area contributed by atoms with Crippen LogP contribution in [-0.4, -0.2) is 28.7 Å². The average Bonchev–Trinajstić information content (AvgIpc) is 2.24. The minimum Gasteiger partial charge on any atom is -0.394 e. The Kier molecular flexibility index (Phi) is 5.30. The number of aliphatic hydroxyl groups is 2. The van der Waals surface area contributed by atoms with Crippen LogP contribution in [0.1, 0.15) is 5.56 Å². The quantitative estimate of drug-likeness (QED) is 0.834. The number of thioether (sulfide) groups is 1. The van der Waals surface area contributed by atoms with E-state index in [0.29, 0.717) is 4.47 Å². The second kappa shape index (κ2) is 6.08. The largest absolute Gasteiger partial charge is 0.417 e. The highest BCUT2D eigenvalue weighted by molar-refractivity contribution is 9.10. The number of hydrogen-bond acceptors (Lipinski definition) is 3. The smallest absolute Gasteiger partial charge is 0.394 e. The Hall–Kier alpha value is -0.240. The second-order valence-corrected chi connectivity index (χ2v) is 5.26. The molecule has 1 aromatic carbocycles. The van der Waals surface area contributed by atoms with Gasteiger partial charge in [-0.25, -0.2) is 0 Å². The zero-order chi connectivity index (χ0) is 13.1. The molecule has 0 amide bonds. The molecular weight excluding hydrogens is 321 g/mol. The average molecular weight is 331 g/mol. The molecule has 0 heterocycles. The molecule has 96 valence electrons. The molecule has 2 nitrogen and oxygen atoms in total. The summed E-state index contributed by atoms with van der Waals surface area (Å²) in [5.74, 6) is 0.00995. The van der Waals surface area contributed by atoms with E-state index in [9.17, 15) is 13.2 Å². The molecule has 17 heavy (non-hydrogen) atoms. The summed E-state index contributed by atoms with van der Waals surface area (Å²) in [6.45, 7) is -0.470. The number of aliphatic hydroxyl groups excluding tert-OH is 2. The van der Waals surface area contributed by atoms with Gasteiger partial charge in [-0.2, -0.15) is 13.2 Å². The Balaban J connectivity index is 2.92. The molecule has 0 aliphatic heterocycles. The third-order valence-electron chi connectivity index (χ3n) is 1.89. The first-order chi connectivity index (χ1) is 7.84. The standard InChI is InChI=1S/C10H10BrF3O2S/c11-6-1-2-8(10(12,13)14)9(3-6)17-5-7(16)4-15/h1-3,7,15-16H,4-5H2. The SMILES string of the molecule is OCC(O)CSc1cc(Br)ccc1C(F)(F)F. The maximum atomic E-state index is 12.6. The first-order valence-electron chi connectivity index (χ1n) is 4.63. The van der Waals surface area contributed by atoms with Crippen molar-refractivity contribution in [2.75, 3.05) is 12.4 Å². The predicted molar refractivity (Wildman–Crippen MR) is 63.0 cm³/mol. The highest BCUT2D eigenvalue weighted by Gasteiger charge is 2.33. The molecule has 7 heteroatoms. The lowest BCUT2D eigenvalue weighted by molar-refractivity contribution is -0.139. The van der Waals surface area contributed by atoms with Crippen molar-refractivity contribution in [3.05, 3.63) is 28.2 Å². The first kappa shape index (κ1) is 14.8. The van der Waals surface area contributed by atoms with E-state index >= 15 is 0 Å². The number of rotatable bonds is 4. The Bertz CT molecular complexity index is 384. The van der Waals surface area contributed by atoms with Gasteiger partial charge in [0.15, 0.2) is 0 Å². The van der Waals surface area contributed by atoms with E-state index in [1.54, 1.807) is 0 Å². The molecular formula is C10H10BrF3O2S. The number of hydrogen-bond donors (Lipinski definition) is 2. The maximum absolute atomic E-state index is 12.6. The van der Waals surface area contributed by atoms with E-state index in [2.05, 4.69) is 15.9 Å². The summed E-state index contributed by atoms with van der Waals surface area (Å²) in [6, 6.07) is 3.64. The lowest BCUT2D eigenvalue weighted by Gasteiger charge is -2.14. The second-order valence-electron chi connectivity index (χ2n) is 3.29. The Morgan fingerprint density at radius 2 is 2.00 bits per heavy atom. The fourth-order valence-corrected chi connectivity index (χ4v) is 2.63. The van der Waals surface area contributed by atoms with Gasteiger partial charge in [0.1, 0.15) is 0 Å². The summed E-state index contributed by atoms with van der Waals surface area (Å²) < 4.78 is 38.5. The van der Waals surface area contributed by atoms with Crippen LogP contribution in [-0.2, 0) is 6.18 Å². The lowest BCUT2D eigenvalue weighted by Crippen LogP contribution is -2.15. The minimum atomic E-state index is -4.42. The number of alkyl halides is 3. The molecule has 0 saturated carbocycles. The van der Waals surface area contributed by atoms with Crippen molar-refractivity contribution in [3.63, 3.8) is 0 Å². The Morgan fingerprint density at radius 1 is 1.35 bits per heavy atom. The van der Waals surface area contributed by atoms with Gasteiger partial charge in [0, 0.05) is 15.1 Å². The van der Waals surface area contributed by atoms with Crippen molar-refractivity contribution in [1.82, 2.24) is 0 Å². The predicted octanol–water partition coefficient (Wildman–Crippen LogP) is 2.91. The highest BCUT2D eigenvalue weighted by Crippen LogP contribution is 2.38. The molecule has 1 aromatic rings. The number of halogens is 4. The van der Waals surface area contributed by atoms with Crippen LogP contribution in [0.5, 0.6) is 0 Å². The van der Waals surface area contributed by atoms with Gasteiger partial charge in [0.05, 0.1) is 18.3 Å². The van der Waals surface area contributed by atoms with Crippen LogP contribution in [0.25, 0.3) is 0 Å². The van der Waals surface area contributed by atoms with E-state index in [4.69, 9.17) is 10.2 Å². The molecule has 0 saturated heterocycles. The van der Waals surface area contributed by atoms with E-state index in [1.807, 2.05) is 0 Å². The van der Waals surface area contributed by atoms with E-state index in [-0.39, 0.29) is 10.6 Å². The molecule has 1 unspecified atom stereocenters. The molecule has 0 fully saturated rings. The number of benzene rings is 1. The van der Waals surface area contributed by atoms with Gasteiger partial charge in [0.25, 0.3) is 0 Å². The normalized spacial score (nSPS) is 13.8. The third-order valence-corrected chi connectivity index (χ3v) is 3.58. The minimum absolute atomic E-state index is 0.00995. The molecule has 1 atom stereocenters. The topological polar surface area (TPSA) is 40.5 Å². The van der Waals surface area contributed by atoms with Crippen LogP contribution in [0.3, 0.4) is 0 Å². The molecule has 0 aliphatic carbocycles. The summed E-state index contributed by atoms with van der Waals surface area (Å²) in [6.07, 6.45) is -5.45. The summed E-state index contributed by atoms with van der Waals surface area (Å²) >= 11 is 3.96. The zero-order valence-electron chi connectivity index (χ0n) is 8.54. The van der Waals surface area contributed by atoms with Crippen LogP contribution in [0.4, 0.5) is 13.2 Å². The molecule has 0 radical (unpaired) electrons. The molecule has 1 rings (SSSR count). The Labute approximate surface area is 109 Å². The molecule has 0 spiro atoms. The van der Waals surface area contributed by atoms with Crippen LogP contribution >= 0.6 is 27.7 Å². The highest BCUT2D eigenvalue weighted by atomic mass is 79.9. The van der Waals surface area contributed by atoms with E-state index in [1.165, 1.54) is 12.1 Å². The van der Waals surface area contributed by atoms with Crippen LogP contribution in [0.15, 0.2) is 27.6 Å². The van der Waals surface area contributed by atoms with Crippen molar-refractivity contribution in [3.8, 4) is 0 Å². The van der Waals surface area contributed by atoms with Gasteiger partial charge in [0.2, 0.25) is 0 Å². The van der Waals surface area contributed by atoms with Crippen LogP contribution in [0, 0.1) is 0 Å². The van der Waals surface area contributed by atoms with Crippen LogP contribution < -0.4 is 0 Å². The summed E-state index contributed by atoms with van der Waals surface area (Å²) in [4.78, 5) is 0.0272. The molecule has 0 bridgehead atoms. The van der Waals surface area contributed by atoms with Gasteiger partial charge in [-0.1, -0.05) is 15.9 Å². The zero-order valence-corrected chi connectivity index (χ0v) is 10.9. The van der Waals surface area contributed by atoms with Gasteiger partial charge in [-0.3, -0.25) is 0 Å². The van der Waals surface area contributed by atoms with Crippen molar-refractivity contribution in [2.24, 2.45) is 0 Å². The first-order valence-corrected chi connectivity index (χ1v) is 6.41. The van der Waals surface area contributed by atoms with Crippen molar-refractivity contribution >= 4 is 27.7 Å². The van der Waals surface area contributed by atoms with Gasteiger partial charge >= 0.3 is 6.18 Å². The van der Waals surface area contributed by atoms with E-state index in [0.717, 1.165) is 17.8 Å². The van der Waals surface area contributed by atoms with Crippen molar-refractivity contribution in [1.29, 1.82) is 0 Å². The summed E-state index contributed by atoms with van der Waals surface area (Å²) in [5, 5.41) is 17.7. The van der Waals surface area contributed by atoms with Gasteiger partial charge < -0.3 is 10.2 Å².